The average molecular weight is 416 g/mol. The predicted molar refractivity (Wildman–Crippen MR) is 113 cm³/mol. The molecule has 0 radical (unpaired) electrons. The summed E-state index contributed by atoms with van der Waals surface area (Å²) < 4.78 is 10.1. The molecule has 0 saturated carbocycles. The fraction of sp³-hybridized carbons (Fsp3) is 0.318. The number of esters is 1. The van der Waals surface area contributed by atoms with Crippen LogP contribution in [0.1, 0.15) is 40.9 Å². The van der Waals surface area contributed by atoms with Crippen molar-refractivity contribution in [1.29, 1.82) is 0 Å². The number of carbonyl (C=O) groups excluding carboxylic acids is 3. The number of methoxy groups -OCH3 is 2. The Bertz CT molecular complexity index is 854. The third-order valence-corrected chi connectivity index (χ3v) is 5.29. The normalized spacial score (nSPS) is 11.4. The highest BCUT2D eigenvalue weighted by molar-refractivity contribution is 7.99. The maximum Gasteiger partial charge on any atom is 0.307 e. The maximum atomic E-state index is 12.4. The Hall–Kier alpha value is -2.80. The first-order chi connectivity index (χ1) is 13.9. The van der Waals surface area contributed by atoms with E-state index in [0.717, 1.165) is 11.1 Å². The lowest BCUT2D eigenvalue weighted by molar-refractivity contribution is -0.141. The zero-order chi connectivity index (χ0) is 21.2. The van der Waals surface area contributed by atoms with Crippen molar-refractivity contribution in [2.75, 3.05) is 20.0 Å². The van der Waals surface area contributed by atoms with Gasteiger partial charge in [-0.2, -0.15) is 0 Å². The Labute approximate surface area is 175 Å². The number of hydrogen-bond acceptors (Lipinski definition) is 6. The first-order valence-electron chi connectivity index (χ1n) is 9.11. The van der Waals surface area contributed by atoms with E-state index in [1.54, 1.807) is 25.3 Å². The van der Waals surface area contributed by atoms with E-state index in [1.165, 1.54) is 25.8 Å². The molecule has 0 bridgehead atoms. The molecule has 0 aliphatic rings. The molecule has 0 heterocycles. The van der Waals surface area contributed by atoms with Gasteiger partial charge in [0.2, 0.25) is 5.91 Å². The van der Waals surface area contributed by atoms with Crippen LogP contribution in [-0.4, -0.2) is 37.6 Å². The molecule has 2 rings (SSSR count). The third kappa shape index (κ3) is 6.94. The second-order valence-electron chi connectivity index (χ2n) is 6.39. The summed E-state index contributed by atoms with van der Waals surface area (Å²) >= 11 is 1.41. The molecule has 29 heavy (non-hydrogen) atoms. The molecule has 7 heteroatoms. The summed E-state index contributed by atoms with van der Waals surface area (Å²) in [4.78, 5) is 35.8. The summed E-state index contributed by atoms with van der Waals surface area (Å²) in [5, 5.41) is 2.90. The summed E-state index contributed by atoms with van der Waals surface area (Å²) in [6.07, 6.45) is 0.0609. The SMILES string of the molecule is COC(=O)CC(NC(=O)CSCc1cc(C(C)=O)ccc1OC)c1ccccc1. The minimum absolute atomic E-state index is 0.0230. The zero-order valence-electron chi connectivity index (χ0n) is 16.8. The van der Waals surface area contributed by atoms with E-state index >= 15 is 0 Å². The first-order valence-corrected chi connectivity index (χ1v) is 10.3. The van der Waals surface area contributed by atoms with Crippen molar-refractivity contribution in [3.8, 4) is 5.75 Å². The molecule has 0 aliphatic heterocycles. The van der Waals surface area contributed by atoms with Crippen LogP contribution in [0.15, 0.2) is 48.5 Å². The van der Waals surface area contributed by atoms with Crippen molar-refractivity contribution in [1.82, 2.24) is 5.32 Å². The topological polar surface area (TPSA) is 81.7 Å². The minimum atomic E-state index is -0.452. The number of ether oxygens (including phenoxy) is 2. The van der Waals surface area contributed by atoms with E-state index in [2.05, 4.69) is 5.32 Å². The Morgan fingerprint density at radius 1 is 1.07 bits per heavy atom. The van der Waals surface area contributed by atoms with Gasteiger partial charge in [0, 0.05) is 16.9 Å². The van der Waals surface area contributed by atoms with Crippen molar-refractivity contribution in [3.63, 3.8) is 0 Å². The Morgan fingerprint density at radius 2 is 1.79 bits per heavy atom. The Morgan fingerprint density at radius 3 is 2.41 bits per heavy atom. The quantitative estimate of drug-likeness (QED) is 0.472. The van der Waals surface area contributed by atoms with Gasteiger partial charge in [0.05, 0.1) is 32.4 Å². The van der Waals surface area contributed by atoms with Gasteiger partial charge >= 0.3 is 5.97 Å². The summed E-state index contributed by atoms with van der Waals surface area (Å²) in [7, 11) is 2.89. The number of benzene rings is 2. The molecular weight excluding hydrogens is 390 g/mol. The van der Waals surface area contributed by atoms with Crippen molar-refractivity contribution < 1.29 is 23.9 Å². The van der Waals surface area contributed by atoms with E-state index < -0.39 is 12.0 Å². The molecule has 6 nitrogen and oxygen atoms in total. The molecule has 1 atom stereocenters. The van der Waals surface area contributed by atoms with Gasteiger partial charge in [0.25, 0.3) is 0 Å². The van der Waals surface area contributed by atoms with Crippen LogP contribution in [0.25, 0.3) is 0 Å². The molecule has 2 aromatic rings. The molecular formula is C22H25NO5S. The van der Waals surface area contributed by atoms with Crippen molar-refractivity contribution in [2.45, 2.75) is 25.1 Å². The summed E-state index contributed by atoms with van der Waals surface area (Å²) in [6, 6.07) is 14.1. The van der Waals surface area contributed by atoms with Gasteiger partial charge in [-0.3, -0.25) is 14.4 Å². The van der Waals surface area contributed by atoms with E-state index in [-0.39, 0.29) is 23.9 Å². The van der Waals surface area contributed by atoms with Gasteiger partial charge < -0.3 is 14.8 Å². The molecule has 0 spiro atoms. The standard InChI is InChI=1S/C22H25NO5S/c1-15(24)17-9-10-20(27-2)18(11-17)13-29-14-21(25)23-19(12-22(26)28-3)16-7-5-4-6-8-16/h4-11,19H,12-14H2,1-3H3,(H,23,25). The van der Waals surface area contributed by atoms with Gasteiger partial charge in [0.15, 0.2) is 5.78 Å². The summed E-state index contributed by atoms with van der Waals surface area (Å²) in [6.45, 7) is 1.51. The second-order valence-corrected chi connectivity index (χ2v) is 7.37. The van der Waals surface area contributed by atoms with Crippen LogP contribution in [0.3, 0.4) is 0 Å². The number of thioether (sulfide) groups is 1. The lowest BCUT2D eigenvalue weighted by Gasteiger charge is -2.18. The summed E-state index contributed by atoms with van der Waals surface area (Å²) in [5.74, 6) is 0.802. The average Bonchev–Trinajstić information content (AvgIpc) is 2.73. The second kappa shape index (κ2) is 11.3. The van der Waals surface area contributed by atoms with E-state index in [0.29, 0.717) is 17.1 Å². The van der Waals surface area contributed by atoms with Gasteiger partial charge in [-0.15, -0.1) is 11.8 Å². The molecule has 0 aromatic heterocycles. The van der Waals surface area contributed by atoms with Crippen molar-refractivity contribution in [3.05, 3.63) is 65.2 Å². The number of Topliss-reactive ketones (excluding diaryl/α,β-unsaturated/α-hetero) is 1. The molecule has 1 N–H and O–H groups in total. The van der Waals surface area contributed by atoms with Crippen LogP contribution in [0.4, 0.5) is 0 Å². The van der Waals surface area contributed by atoms with Gasteiger partial charge in [-0.05, 0) is 30.7 Å². The summed E-state index contributed by atoms with van der Waals surface area (Å²) in [5.41, 5.74) is 2.30. The fourth-order valence-corrected chi connectivity index (χ4v) is 3.60. The number of nitrogens with one attached hydrogen (secondary N) is 1. The predicted octanol–water partition coefficient (Wildman–Crippen LogP) is 3.55. The highest BCUT2D eigenvalue weighted by atomic mass is 32.2. The van der Waals surface area contributed by atoms with Crippen molar-refractivity contribution >= 4 is 29.4 Å². The maximum absolute atomic E-state index is 12.4. The molecule has 0 fully saturated rings. The van der Waals surface area contributed by atoms with Gasteiger partial charge in [-0.1, -0.05) is 30.3 Å². The number of amides is 1. The Balaban J connectivity index is 1.98. The highest BCUT2D eigenvalue weighted by Gasteiger charge is 2.19. The van der Waals surface area contributed by atoms with Crippen LogP contribution in [0.5, 0.6) is 5.75 Å². The van der Waals surface area contributed by atoms with E-state index in [1.807, 2.05) is 30.3 Å². The van der Waals surface area contributed by atoms with Gasteiger partial charge in [0.1, 0.15) is 5.75 Å². The van der Waals surface area contributed by atoms with Crippen LogP contribution in [0, 0.1) is 0 Å². The number of hydrogen-bond donors (Lipinski definition) is 1. The fourth-order valence-electron chi connectivity index (χ4n) is 2.79. The van der Waals surface area contributed by atoms with E-state index in [4.69, 9.17) is 9.47 Å². The molecule has 1 amide bonds. The molecule has 154 valence electrons. The van der Waals surface area contributed by atoms with Crippen LogP contribution >= 0.6 is 11.8 Å². The third-order valence-electron chi connectivity index (χ3n) is 4.31. The molecule has 0 saturated heterocycles. The number of rotatable bonds is 10. The molecule has 0 aliphatic carbocycles. The molecule has 2 aromatic carbocycles. The van der Waals surface area contributed by atoms with Crippen LogP contribution in [-0.2, 0) is 20.1 Å². The highest BCUT2D eigenvalue weighted by Crippen LogP contribution is 2.25. The van der Waals surface area contributed by atoms with Crippen molar-refractivity contribution in [2.24, 2.45) is 0 Å². The minimum Gasteiger partial charge on any atom is -0.496 e. The zero-order valence-corrected chi connectivity index (χ0v) is 17.6. The first kappa shape index (κ1) is 22.5. The molecule has 1 unspecified atom stereocenters. The smallest absolute Gasteiger partial charge is 0.307 e. The number of ketones is 1. The van der Waals surface area contributed by atoms with Crippen LogP contribution in [0.2, 0.25) is 0 Å². The van der Waals surface area contributed by atoms with E-state index in [9.17, 15) is 14.4 Å². The van der Waals surface area contributed by atoms with Crippen LogP contribution < -0.4 is 10.1 Å². The lowest BCUT2D eigenvalue weighted by atomic mass is 10.0. The largest absolute Gasteiger partial charge is 0.496 e. The monoisotopic (exact) mass is 415 g/mol. The van der Waals surface area contributed by atoms with Gasteiger partial charge in [-0.25, -0.2) is 0 Å². The number of carbonyl (C=O) groups is 3. The lowest BCUT2D eigenvalue weighted by Crippen LogP contribution is -2.31. The Kier molecular flexibility index (Phi) is 8.73.